The number of benzene rings is 1. The molecule has 1 aromatic carbocycles. The summed E-state index contributed by atoms with van der Waals surface area (Å²) in [7, 11) is 0. The fourth-order valence-electron chi connectivity index (χ4n) is 4.71. The molecule has 170 valence electrons. The summed E-state index contributed by atoms with van der Waals surface area (Å²) in [6, 6.07) is 13.5. The van der Waals surface area contributed by atoms with E-state index in [1.807, 2.05) is 42.5 Å². The molecule has 1 atom stereocenters. The molecule has 2 aliphatic rings. The number of hydrogen-bond donors (Lipinski definition) is 2. The lowest BCUT2D eigenvalue weighted by atomic mass is 9.97. The third-order valence-corrected chi connectivity index (χ3v) is 6.51. The van der Waals surface area contributed by atoms with E-state index in [4.69, 9.17) is 10.7 Å². The highest BCUT2D eigenvalue weighted by molar-refractivity contribution is 6.09. The second-order valence-corrected chi connectivity index (χ2v) is 8.79. The third-order valence-electron chi connectivity index (χ3n) is 6.51. The maximum atomic E-state index is 13.3. The number of anilines is 3. The minimum absolute atomic E-state index is 0.149. The van der Waals surface area contributed by atoms with Gasteiger partial charge < -0.3 is 20.9 Å². The number of nitrogens with zero attached hydrogens (tertiary/aromatic N) is 4. The predicted molar refractivity (Wildman–Crippen MR) is 130 cm³/mol. The highest BCUT2D eigenvalue weighted by Crippen LogP contribution is 2.28. The number of para-hydroxylation sites is 1. The number of carbonyl (C=O) groups is 2. The maximum absolute atomic E-state index is 13.3. The highest BCUT2D eigenvalue weighted by atomic mass is 16.2. The second kappa shape index (κ2) is 9.05. The standard InChI is InChI=1S/C25H28N6O2/c26-23(32)18-7-5-13-31(16-18)22-10-9-19(15-27-22)28-25(33)20-14-17-6-1-2-8-21(17)29-24(20)30-11-3-4-12-30/h1-2,6,8-10,14-15,18H,3-5,7,11-13,16H2,(H2,26,32)(H,28,33). The largest absolute Gasteiger partial charge is 0.369 e. The van der Waals surface area contributed by atoms with Gasteiger partial charge in [0, 0.05) is 31.6 Å². The monoisotopic (exact) mass is 444 g/mol. The van der Waals surface area contributed by atoms with Crippen LogP contribution in [0.1, 0.15) is 36.0 Å². The number of piperidine rings is 1. The number of primary amides is 1. The van der Waals surface area contributed by atoms with Crippen LogP contribution in [0.5, 0.6) is 0 Å². The van der Waals surface area contributed by atoms with E-state index in [0.29, 0.717) is 17.8 Å². The van der Waals surface area contributed by atoms with E-state index in [1.54, 1.807) is 6.20 Å². The van der Waals surface area contributed by atoms with E-state index in [1.165, 1.54) is 0 Å². The van der Waals surface area contributed by atoms with E-state index >= 15 is 0 Å². The molecule has 2 amide bonds. The molecule has 8 nitrogen and oxygen atoms in total. The summed E-state index contributed by atoms with van der Waals surface area (Å²) in [6.07, 6.45) is 5.59. The zero-order chi connectivity index (χ0) is 22.8. The molecule has 33 heavy (non-hydrogen) atoms. The van der Waals surface area contributed by atoms with Gasteiger partial charge in [-0.05, 0) is 49.9 Å². The van der Waals surface area contributed by atoms with Crippen LogP contribution in [0.25, 0.3) is 10.9 Å². The molecular weight excluding hydrogens is 416 g/mol. The van der Waals surface area contributed by atoms with Crippen LogP contribution in [-0.2, 0) is 4.79 Å². The van der Waals surface area contributed by atoms with Crippen molar-refractivity contribution >= 4 is 40.0 Å². The van der Waals surface area contributed by atoms with E-state index in [9.17, 15) is 9.59 Å². The quantitative estimate of drug-likeness (QED) is 0.626. The summed E-state index contributed by atoms with van der Waals surface area (Å²) >= 11 is 0. The van der Waals surface area contributed by atoms with Crippen molar-refractivity contribution in [3.05, 3.63) is 54.2 Å². The molecule has 2 aliphatic heterocycles. The van der Waals surface area contributed by atoms with E-state index < -0.39 is 0 Å². The molecule has 3 aromatic rings. The van der Waals surface area contributed by atoms with Crippen molar-refractivity contribution in [3.8, 4) is 0 Å². The number of rotatable bonds is 5. The first-order valence-corrected chi connectivity index (χ1v) is 11.5. The van der Waals surface area contributed by atoms with Gasteiger partial charge in [-0.25, -0.2) is 9.97 Å². The zero-order valence-electron chi connectivity index (χ0n) is 18.5. The second-order valence-electron chi connectivity index (χ2n) is 8.79. The first-order valence-electron chi connectivity index (χ1n) is 11.5. The average molecular weight is 445 g/mol. The van der Waals surface area contributed by atoms with Crippen molar-refractivity contribution in [1.29, 1.82) is 0 Å². The van der Waals surface area contributed by atoms with Gasteiger partial charge in [-0.1, -0.05) is 18.2 Å². The van der Waals surface area contributed by atoms with Gasteiger partial charge in [0.05, 0.1) is 28.9 Å². The van der Waals surface area contributed by atoms with E-state index in [2.05, 4.69) is 20.1 Å². The summed E-state index contributed by atoms with van der Waals surface area (Å²) in [6.45, 7) is 3.23. The molecule has 2 saturated heterocycles. The molecule has 0 spiro atoms. The van der Waals surface area contributed by atoms with Crippen molar-refractivity contribution in [3.63, 3.8) is 0 Å². The average Bonchev–Trinajstić information content (AvgIpc) is 3.39. The molecule has 0 aliphatic carbocycles. The van der Waals surface area contributed by atoms with Gasteiger partial charge in [-0.15, -0.1) is 0 Å². The number of fused-ring (bicyclic) bond motifs is 1. The van der Waals surface area contributed by atoms with Crippen LogP contribution in [0.15, 0.2) is 48.7 Å². The topological polar surface area (TPSA) is 104 Å². The van der Waals surface area contributed by atoms with Crippen molar-refractivity contribution in [2.24, 2.45) is 11.7 Å². The minimum Gasteiger partial charge on any atom is -0.369 e. The van der Waals surface area contributed by atoms with Crippen LogP contribution in [0.2, 0.25) is 0 Å². The molecule has 3 N–H and O–H groups in total. The molecule has 8 heteroatoms. The zero-order valence-corrected chi connectivity index (χ0v) is 18.5. The Kier molecular flexibility index (Phi) is 5.81. The molecule has 2 fully saturated rings. The molecule has 0 bridgehead atoms. The van der Waals surface area contributed by atoms with Crippen LogP contribution in [0.3, 0.4) is 0 Å². The van der Waals surface area contributed by atoms with Crippen LogP contribution in [0.4, 0.5) is 17.3 Å². The SMILES string of the molecule is NC(=O)C1CCCN(c2ccc(NC(=O)c3cc4ccccc4nc3N3CCCC3)cn2)C1. The Hall–Kier alpha value is -3.68. The smallest absolute Gasteiger partial charge is 0.259 e. The Morgan fingerprint density at radius 2 is 1.79 bits per heavy atom. The lowest BCUT2D eigenvalue weighted by molar-refractivity contribution is -0.122. The van der Waals surface area contributed by atoms with Gasteiger partial charge in [-0.3, -0.25) is 9.59 Å². The number of nitrogens with one attached hydrogen (secondary N) is 1. The lowest BCUT2D eigenvalue weighted by Gasteiger charge is -2.32. The summed E-state index contributed by atoms with van der Waals surface area (Å²) in [5.41, 5.74) is 7.57. The Labute approximate surface area is 192 Å². The van der Waals surface area contributed by atoms with Gasteiger partial charge in [-0.2, -0.15) is 0 Å². The van der Waals surface area contributed by atoms with Crippen molar-refractivity contribution in [1.82, 2.24) is 9.97 Å². The molecule has 1 unspecified atom stereocenters. The van der Waals surface area contributed by atoms with Crippen LogP contribution < -0.4 is 20.9 Å². The third kappa shape index (κ3) is 4.46. The predicted octanol–water partition coefficient (Wildman–Crippen LogP) is 3.18. The Bertz CT molecular complexity index is 1170. The summed E-state index contributed by atoms with van der Waals surface area (Å²) in [5.74, 6) is 0.908. The molecule has 2 aromatic heterocycles. The van der Waals surface area contributed by atoms with Gasteiger partial charge in [0.1, 0.15) is 11.6 Å². The van der Waals surface area contributed by atoms with E-state index in [-0.39, 0.29) is 17.7 Å². The number of amides is 2. The molecule has 5 rings (SSSR count). The highest BCUT2D eigenvalue weighted by Gasteiger charge is 2.25. The molecule has 0 saturated carbocycles. The van der Waals surface area contributed by atoms with Gasteiger partial charge in [0.15, 0.2) is 0 Å². The Balaban J connectivity index is 1.36. The first-order chi connectivity index (χ1) is 16.1. The van der Waals surface area contributed by atoms with Crippen molar-refractivity contribution in [2.45, 2.75) is 25.7 Å². The van der Waals surface area contributed by atoms with E-state index in [0.717, 1.165) is 67.9 Å². The number of nitrogens with two attached hydrogens (primary N) is 1. The lowest BCUT2D eigenvalue weighted by Crippen LogP contribution is -2.41. The Morgan fingerprint density at radius 1 is 1.00 bits per heavy atom. The number of aromatic nitrogens is 2. The summed E-state index contributed by atoms with van der Waals surface area (Å²) in [4.78, 5) is 38.4. The summed E-state index contributed by atoms with van der Waals surface area (Å²) < 4.78 is 0. The minimum atomic E-state index is -0.263. The van der Waals surface area contributed by atoms with Crippen molar-refractivity contribution in [2.75, 3.05) is 41.3 Å². The molecular formula is C25H28N6O2. The Morgan fingerprint density at radius 3 is 2.55 bits per heavy atom. The normalized spacial score (nSPS) is 18.5. The maximum Gasteiger partial charge on any atom is 0.259 e. The van der Waals surface area contributed by atoms with Gasteiger partial charge >= 0.3 is 0 Å². The van der Waals surface area contributed by atoms with Crippen LogP contribution in [0, 0.1) is 5.92 Å². The number of pyridine rings is 2. The van der Waals surface area contributed by atoms with Crippen LogP contribution in [-0.4, -0.2) is 48.0 Å². The van der Waals surface area contributed by atoms with Gasteiger partial charge in [0.25, 0.3) is 5.91 Å². The number of hydrogen-bond acceptors (Lipinski definition) is 6. The van der Waals surface area contributed by atoms with Gasteiger partial charge in [0.2, 0.25) is 5.91 Å². The van der Waals surface area contributed by atoms with Crippen LogP contribution >= 0.6 is 0 Å². The first kappa shape index (κ1) is 21.2. The fourth-order valence-corrected chi connectivity index (χ4v) is 4.71. The van der Waals surface area contributed by atoms with Crippen molar-refractivity contribution < 1.29 is 9.59 Å². The molecule has 0 radical (unpaired) electrons. The fraction of sp³-hybridized carbons (Fsp3) is 0.360. The summed E-state index contributed by atoms with van der Waals surface area (Å²) in [5, 5.41) is 3.92. The molecule has 4 heterocycles. The number of carbonyl (C=O) groups excluding carboxylic acids is 2.